The Labute approximate surface area is 110 Å². The highest BCUT2D eigenvalue weighted by Crippen LogP contribution is 2.40. The molecule has 1 unspecified atom stereocenters. The van der Waals surface area contributed by atoms with Gasteiger partial charge >= 0.3 is 0 Å². The molecular weight excluding hydrogens is 228 g/mol. The van der Waals surface area contributed by atoms with Crippen LogP contribution in [0.15, 0.2) is 0 Å². The maximum Gasteiger partial charge on any atom is 0.238 e. The molecule has 4 nitrogen and oxygen atoms in total. The Balaban J connectivity index is 2.22. The molecule has 1 heterocycles. The molecule has 18 heavy (non-hydrogen) atoms. The topological polar surface area (TPSA) is 64.3 Å². The average Bonchev–Trinajstić information content (AvgIpc) is 2.42. The van der Waals surface area contributed by atoms with Crippen molar-refractivity contribution in [2.24, 2.45) is 17.6 Å². The number of primary amides is 1. The Morgan fingerprint density at radius 1 is 1.11 bits per heavy atom. The lowest BCUT2D eigenvalue weighted by atomic mass is 9.65. The Morgan fingerprint density at radius 2 is 1.67 bits per heavy atom. The average molecular weight is 254 g/mol. The summed E-state index contributed by atoms with van der Waals surface area (Å²) in [5.41, 5.74) is 5.29. The van der Waals surface area contributed by atoms with Crippen molar-refractivity contribution in [1.82, 2.24) is 5.32 Å². The van der Waals surface area contributed by atoms with Crippen LogP contribution in [0.1, 0.15) is 44.9 Å². The second-order valence-electron chi connectivity index (χ2n) is 5.70. The highest BCUT2D eigenvalue weighted by atomic mass is 16.5. The van der Waals surface area contributed by atoms with E-state index in [0.717, 1.165) is 38.9 Å². The second-order valence-corrected chi connectivity index (χ2v) is 5.70. The molecule has 0 bridgehead atoms. The first-order valence-electron chi connectivity index (χ1n) is 7.28. The van der Waals surface area contributed by atoms with E-state index >= 15 is 0 Å². The molecule has 2 fully saturated rings. The predicted molar refractivity (Wildman–Crippen MR) is 71.1 cm³/mol. The van der Waals surface area contributed by atoms with Gasteiger partial charge in [-0.2, -0.15) is 0 Å². The summed E-state index contributed by atoms with van der Waals surface area (Å²) in [6.45, 7) is 1.52. The predicted octanol–water partition coefficient (Wildman–Crippen LogP) is 1.44. The summed E-state index contributed by atoms with van der Waals surface area (Å²) in [6, 6.07) is 0. The molecule has 0 radical (unpaired) electrons. The Hall–Kier alpha value is -0.610. The maximum absolute atomic E-state index is 12.2. The van der Waals surface area contributed by atoms with Gasteiger partial charge in [-0.05, 0) is 44.6 Å². The zero-order chi connectivity index (χ0) is 13.0. The van der Waals surface area contributed by atoms with Gasteiger partial charge in [-0.1, -0.05) is 19.3 Å². The third kappa shape index (κ3) is 2.41. The van der Waals surface area contributed by atoms with Crippen LogP contribution in [0.3, 0.4) is 0 Å². The number of rotatable bonds is 4. The lowest BCUT2D eigenvalue weighted by Crippen LogP contribution is -2.64. The van der Waals surface area contributed by atoms with E-state index in [2.05, 4.69) is 5.32 Å². The minimum Gasteiger partial charge on any atom is -0.381 e. The highest BCUT2D eigenvalue weighted by molar-refractivity contribution is 5.85. The van der Waals surface area contributed by atoms with E-state index in [0.29, 0.717) is 11.8 Å². The number of hydrogen-bond acceptors (Lipinski definition) is 3. The van der Waals surface area contributed by atoms with Gasteiger partial charge in [-0.15, -0.1) is 0 Å². The maximum atomic E-state index is 12.2. The van der Waals surface area contributed by atoms with Crippen LogP contribution in [0.2, 0.25) is 0 Å². The van der Waals surface area contributed by atoms with E-state index < -0.39 is 5.54 Å². The van der Waals surface area contributed by atoms with Crippen molar-refractivity contribution in [3.05, 3.63) is 0 Å². The standard InChI is InChI=1S/C14H26N2O2/c1-16-14(13(15)17,11-5-3-2-4-6-11)12-7-9-18-10-8-12/h11-12,16H,2-10H2,1H3,(H2,15,17). The van der Waals surface area contributed by atoms with Crippen LogP contribution in [-0.4, -0.2) is 31.7 Å². The first-order valence-corrected chi connectivity index (χ1v) is 7.28. The molecule has 104 valence electrons. The lowest BCUT2D eigenvalue weighted by molar-refractivity contribution is -0.132. The first-order chi connectivity index (χ1) is 8.71. The second kappa shape index (κ2) is 6.02. The molecule has 0 aromatic carbocycles. The van der Waals surface area contributed by atoms with Crippen molar-refractivity contribution in [1.29, 1.82) is 0 Å². The molecule has 0 spiro atoms. The number of carbonyl (C=O) groups is 1. The molecule has 4 heteroatoms. The molecule has 1 amide bonds. The van der Waals surface area contributed by atoms with Crippen LogP contribution in [0, 0.1) is 11.8 Å². The number of nitrogens with one attached hydrogen (secondary N) is 1. The molecule has 1 atom stereocenters. The van der Waals surface area contributed by atoms with Crippen LogP contribution in [-0.2, 0) is 9.53 Å². The minimum atomic E-state index is -0.510. The van der Waals surface area contributed by atoms with Gasteiger partial charge in [0.1, 0.15) is 5.54 Å². The number of nitrogens with two attached hydrogens (primary N) is 1. The van der Waals surface area contributed by atoms with Crippen LogP contribution >= 0.6 is 0 Å². The van der Waals surface area contributed by atoms with E-state index in [1.165, 1.54) is 19.3 Å². The number of carbonyl (C=O) groups excluding carboxylic acids is 1. The Morgan fingerprint density at radius 3 is 2.17 bits per heavy atom. The van der Waals surface area contributed by atoms with E-state index in [-0.39, 0.29) is 5.91 Å². The molecule has 3 N–H and O–H groups in total. The first kappa shape index (κ1) is 13.8. The van der Waals surface area contributed by atoms with Gasteiger partial charge in [-0.3, -0.25) is 4.79 Å². The number of amides is 1. The highest BCUT2D eigenvalue weighted by Gasteiger charge is 2.49. The molecule has 1 saturated heterocycles. The van der Waals surface area contributed by atoms with E-state index in [1.807, 2.05) is 7.05 Å². The molecule has 1 aliphatic carbocycles. The van der Waals surface area contributed by atoms with E-state index in [4.69, 9.17) is 10.5 Å². The lowest BCUT2D eigenvalue weighted by Gasteiger charge is -2.46. The zero-order valence-electron chi connectivity index (χ0n) is 11.4. The number of hydrogen-bond donors (Lipinski definition) is 2. The molecule has 0 aromatic rings. The van der Waals surface area contributed by atoms with Gasteiger partial charge in [0.15, 0.2) is 0 Å². The minimum absolute atomic E-state index is 0.163. The van der Waals surface area contributed by atoms with Crippen molar-refractivity contribution < 1.29 is 9.53 Å². The number of ether oxygens (including phenoxy) is 1. The summed E-state index contributed by atoms with van der Waals surface area (Å²) < 4.78 is 5.43. The number of likely N-dealkylation sites (N-methyl/N-ethyl adjacent to an activating group) is 1. The fourth-order valence-corrected chi connectivity index (χ4v) is 3.98. The van der Waals surface area contributed by atoms with Crippen molar-refractivity contribution in [3.8, 4) is 0 Å². The van der Waals surface area contributed by atoms with Crippen molar-refractivity contribution >= 4 is 5.91 Å². The van der Waals surface area contributed by atoms with Crippen LogP contribution in [0.4, 0.5) is 0 Å². The molecule has 1 aliphatic heterocycles. The summed E-state index contributed by atoms with van der Waals surface area (Å²) in [7, 11) is 1.90. The third-order valence-corrected chi connectivity index (χ3v) is 4.94. The fourth-order valence-electron chi connectivity index (χ4n) is 3.98. The fraction of sp³-hybridized carbons (Fsp3) is 0.929. The molecule has 2 aliphatic rings. The van der Waals surface area contributed by atoms with Crippen LogP contribution in [0.25, 0.3) is 0 Å². The van der Waals surface area contributed by atoms with Crippen molar-refractivity contribution in [3.63, 3.8) is 0 Å². The van der Waals surface area contributed by atoms with E-state index in [1.54, 1.807) is 0 Å². The summed E-state index contributed by atoms with van der Waals surface area (Å²) in [5.74, 6) is 0.567. The van der Waals surface area contributed by atoms with E-state index in [9.17, 15) is 4.79 Å². The zero-order valence-corrected chi connectivity index (χ0v) is 11.4. The van der Waals surface area contributed by atoms with Gasteiger partial charge in [0.2, 0.25) is 5.91 Å². The van der Waals surface area contributed by atoms with Gasteiger partial charge in [0.05, 0.1) is 0 Å². The summed E-state index contributed by atoms with van der Waals surface area (Å²) >= 11 is 0. The molecular formula is C14H26N2O2. The van der Waals surface area contributed by atoms with Crippen molar-refractivity contribution in [2.75, 3.05) is 20.3 Å². The van der Waals surface area contributed by atoms with Crippen LogP contribution in [0.5, 0.6) is 0 Å². The van der Waals surface area contributed by atoms with Crippen molar-refractivity contribution in [2.45, 2.75) is 50.5 Å². The third-order valence-electron chi connectivity index (χ3n) is 4.94. The Bertz CT molecular complexity index is 264. The monoisotopic (exact) mass is 254 g/mol. The normalized spacial score (nSPS) is 26.7. The van der Waals surface area contributed by atoms with Gasteiger partial charge < -0.3 is 15.8 Å². The quantitative estimate of drug-likeness (QED) is 0.798. The summed E-state index contributed by atoms with van der Waals surface area (Å²) in [4.78, 5) is 12.2. The molecule has 0 aromatic heterocycles. The van der Waals surface area contributed by atoms with Gasteiger partial charge in [0.25, 0.3) is 0 Å². The molecule has 2 rings (SSSR count). The SMILES string of the molecule is CNC(C(N)=O)(C1CCCCC1)C1CCOCC1. The smallest absolute Gasteiger partial charge is 0.238 e. The largest absolute Gasteiger partial charge is 0.381 e. The van der Waals surface area contributed by atoms with Gasteiger partial charge in [-0.25, -0.2) is 0 Å². The van der Waals surface area contributed by atoms with Crippen LogP contribution < -0.4 is 11.1 Å². The Kier molecular flexibility index (Phi) is 4.62. The molecule has 1 saturated carbocycles. The summed E-state index contributed by atoms with van der Waals surface area (Å²) in [6.07, 6.45) is 7.89. The van der Waals surface area contributed by atoms with Gasteiger partial charge in [0, 0.05) is 13.2 Å². The summed E-state index contributed by atoms with van der Waals surface area (Å²) in [5, 5.41) is 3.32.